The number of anilines is 1. The van der Waals surface area contributed by atoms with Crippen LogP contribution in [-0.2, 0) is 0 Å². The largest absolute Gasteiger partial charge is 0.397 e. The van der Waals surface area contributed by atoms with Crippen LogP contribution in [0.15, 0.2) is 9.59 Å². The molecule has 116 valence electrons. The number of nitrogens with one attached hydrogen (secondary N) is 1. The lowest BCUT2D eigenvalue weighted by Crippen LogP contribution is -2.34. The highest BCUT2D eigenvalue weighted by molar-refractivity contribution is 7.21. The third kappa shape index (κ3) is 1.75. The highest BCUT2D eigenvalue weighted by atomic mass is 32.1. The fourth-order valence-electron chi connectivity index (χ4n) is 4.22. The van der Waals surface area contributed by atoms with Gasteiger partial charge in [0.2, 0.25) is 0 Å². The lowest BCUT2D eigenvalue weighted by molar-refractivity contribution is 0.102. The highest BCUT2D eigenvalue weighted by Crippen LogP contribution is 2.51. The molecule has 2 bridgehead atoms. The average Bonchev–Trinajstić information content (AvgIpc) is 3.12. The third-order valence-corrected chi connectivity index (χ3v) is 6.47. The molecule has 0 amide bonds. The second-order valence-corrected chi connectivity index (χ2v) is 7.45. The van der Waals surface area contributed by atoms with Crippen LogP contribution in [-0.4, -0.2) is 15.3 Å². The second kappa shape index (κ2) is 4.55. The molecule has 0 aliphatic heterocycles. The molecule has 0 radical (unpaired) electrons. The molecule has 22 heavy (non-hydrogen) atoms. The summed E-state index contributed by atoms with van der Waals surface area (Å²) in [7, 11) is 0. The molecule has 0 unspecified atom stereocenters. The fourth-order valence-corrected chi connectivity index (χ4v) is 5.39. The summed E-state index contributed by atoms with van der Waals surface area (Å²) in [6.07, 6.45) is 4.48. The molecule has 3 N–H and O–H groups in total. The SMILES string of the molecule is CC(=O)c1sc2c(c1N)c(=O)[nH]c(=O)n2[C@H]1C[C@H]2CC[C@@H]1C2. The number of carbonyl (C=O) groups excluding carboxylic acids is 1. The monoisotopic (exact) mass is 319 g/mol. The number of aromatic nitrogens is 2. The van der Waals surface area contributed by atoms with Gasteiger partial charge in [0, 0.05) is 13.0 Å². The van der Waals surface area contributed by atoms with Gasteiger partial charge in [-0.2, -0.15) is 0 Å². The molecular formula is C15H17N3O3S. The number of thiophene rings is 1. The van der Waals surface area contributed by atoms with Crippen molar-refractivity contribution in [3.8, 4) is 0 Å². The first-order valence-electron chi connectivity index (χ1n) is 7.55. The number of carbonyl (C=O) groups is 1. The molecule has 7 heteroatoms. The lowest BCUT2D eigenvalue weighted by atomic mass is 9.95. The molecule has 4 rings (SSSR count). The maximum atomic E-state index is 12.4. The molecule has 0 saturated heterocycles. The van der Waals surface area contributed by atoms with Crippen LogP contribution in [0.1, 0.15) is 48.3 Å². The van der Waals surface area contributed by atoms with Crippen molar-refractivity contribution in [3.63, 3.8) is 0 Å². The van der Waals surface area contributed by atoms with Crippen molar-refractivity contribution in [1.82, 2.24) is 9.55 Å². The zero-order chi connectivity index (χ0) is 15.6. The van der Waals surface area contributed by atoms with Crippen molar-refractivity contribution in [3.05, 3.63) is 25.7 Å². The number of nitrogens with zero attached hydrogens (tertiary/aromatic N) is 1. The molecule has 2 saturated carbocycles. The average molecular weight is 319 g/mol. The van der Waals surface area contributed by atoms with Crippen molar-refractivity contribution in [2.75, 3.05) is 5.73 Å². The first-order chi connectivity index (χ1) is 10.5. The smallest absolute Gasteiger partial charge is 0.329 e. The number of hydrogen-bond donors (Lipinski definition) is 2. The van der Waals surface area contributed by atoms with E-state index in [2.05, 4.69) is 4.98 Å². The van der Waals surface area contributed by atoms with E-state index in [-0.39, 0.29) is 28.6 Å². The molecule has 2 aromatic heterocycles. The number of ketones is 1. The van der Waals surface area contributed by atoms with E-state index in [0.29, 0.717) is 21.5 Å². The van der Waals surface area contributed by atoms with Gasteiger partial charge in [-0.15, -0.1) is 11.3 Å². The Balaban J connectivity index is 2.02. The number of hydrogen-bond acceptors (Lipinski definition) is 5. The van der Waals surface area contributed by atoms with Gasteiger partial charge in [-0.05, 0) is 31.1 Å². The summed E-state index contributed by atoms with van der Waals surface area (Å²) >= 11 is 1.17. The molecule has 2 aliphatic rings. The predicted molar refractivity (Wildman–Crippen MR) is 85.6 cm³/mol. The second-order valence-electron chi connectivity index (χ2n) is 6.45. The summed E-state index contributed by atoms with van der Waals surface area (Å²) in [5.41, 5.74) is 5.31. The van der Waals surface area contributed by atoms with Crippen molar-refractivity contribution in [2.45, 2.75) is 38.6 Å². The summed E-state index contributed by atoms with van der Waals surface area (Å²) < 4.78 is 1.69. The Morgan fingerprint density at radius 1 is 1.32 bits per heavy atom. The zero-order valence-electron chi connectivity index (χ0n) is 12.2. The van der Waals surface area contributed by atoms with Crippen LogP contribution < -0.4 is 17.0 Å². The molecule has 3 atom stereocenters. The maximum absolute atomic E-state index is 12.4. The van der Waals surface area contributed by atoms with Crippen molar-refractivity contribution in [1.29, 1.82) is 0 Å². The number of nitrogens with two attached hydrogens (primary N) is 1. The van der Waals surface area contributed by atoms with Gasteiger partial charge in [0.25, 0.3) is 5.56 Å². The van der Waals surface area contributed by atoms with Gasteiger partial charge in [0.05, 0.1) is 16.0 Å². The van der Waals surface area contributed by atoms with Gasteiger partial charge in [-0.25, -0.2) is 4.79 Å². The minimum atomic E-state index is -0.499. The standard InChI is InChI=1S/C15H17N3O3S/c1-6(19)12-11(16)10-13(20)17-15(21)18(14(10)22-12)9-5-7-2-3-8(9)4-7/h7-9H,2-5,16H2,1H3,(H,17,20,21)/t7-,8+,9-/m0/s1. The normalized spacial score (nSPS) is 26.9. The van der Waals surface area contributed by atoms with Crippen LogP contribution in [0.25, 0.3) is 10.2 Å². The van der Waals surface area contributed by atoms with E-state index >= 15 is 0 Å². The number of aromatic amines is 1. The van der Waals surface area contributed by atoms with Crippen LogP contribution in [0.5, 0.6) is 0 Å². The Hall–Kier alpha value is -1.89. The Labute approximate surface area is 129 Å². The molecule has 0 aromatic carbocycles. The summed E-state index contributed by atoms with van der Waals surface area (Å²) in [5.74, 6) is 0.986. The molecular weight excluding hydrogens is 302 g/mol. The number of fused-ring (bicyclic) bond motifs is 3. The van der Waals surface area contributed by atoms with Gasteiger partial charge in [0.15, 0.2) is 5.78 Å². The quantitative estimate of drug-likeness (QED) is 0.826. The lowest BCUT2D eigenvalue weighted by Gasteiger charge is -2.24. The van der Waals surface area contributed by atoms with E-state index in [4.69, 9.17) is 5.73 Å². The first-order valence-corrected chi connectivity index (χ1v) is 8.36. The van der Waals surface area contributed by atoms with Crippen LogP contribution in [0.3, 0.4) is 0 Å². The number of nitrogen functional groups attached to an aromatic ring is 1. The first kappa shape index (κ1) is 13.8. The maximum Gasteiger partial charge on any atom is 0.329 e. The van der Waals surface area contributed by atoms with Gasteiger partial charge in [-0.1, -0.05) is 6.42 Å². The van der Waals surface area contributed by atoms with Crippen LogP contribution >= 0.6 is 11.3 Å². The van der Waals surface area contributed by atoms with E-state index in [9.17, 15) is 14.4 Å². The molecule has 2 fully saturated rings. The molecule has 6 nitrogen and oxygen atoms in total. The fraction of sp³-hybridized carbons (Fsp3) is 0.533. The molecule has 2 aromatic rings. The van der Waals surface area contributed by atoms with Gasteiger partial charge in [-0.3, -0.25) is 19.1 Å². The molecule has 0 spiro atoms. The zero-order valence-corrected chi connectivity index (χ0v) is 13.0. The van der Waals surface area contributed by atoms with E-state index < -0.39 is 5.56 Å². The Morgan fingerprint density at radius 2 is 2.09 bits per heavy atom. The predicted octanol–water partition coefficient (Wildman–Crippen LogP) is 1.90. The Bertz CT molecular complexity index is 907. The van der Waals surface area contributed by atoms with Gasteiger partial charge < -0.3 is 5.73 Å². The Morgan fingerprint density at radius 3 is 2.68 bits per heavy atom. The summed E-state index contributed by atoms with van der Waals surface area (Å²) in [6.45, 7) is 1.43. The minimum absolute atomic E-state index is 0.114. The number of Topliss-reactive ketones (excluding diaryl/α,β-unsaturated/α-hetero) is 1. The van der Waals surface area contributed by atoms with Gasteiger partial charge in [0.1, 0.15) is 4.83 Å². The van der Waals surface area contributed by atoms with Crippen LogP contribution in [0.2, 0.25) is 0 Å². The van der Waals surface area contributed by atoms with Crippen LogP contribution in [0, 0.1) is 11.8 Å². The van der Waals surface area contributed by atoms with Crippen molar-refractivity contribution >= 4 is 33.0 Å². The van der Waals surface area contributed by atoms with E-state index in [0.717, 1.165) is 19.3 Å². The number of rotatable bonds is 2. The van der Waals surface area contributed by atoms with E-state index in [1.54, 1.807) is 4.57 Å². The minimum Gasteiger partial charge on any atom is -0.397 e. The highest BCUT2D eigenvalue weighted by Gasteiger charge is 2.41. The summed E-state index contributed by atoms with van der Waals surface area (Å²) in [5, 5.41) is 0.289. The van der Waals surface area contributed by atoms with Gasteiger partial charge >= 0.3 is 5.69 Å². The van der Waals surface area contributed by atoms with Crippen molar-refractivity contribution in [2.24, 2.45) is 11.8 Å². The third-order valence-electron chi connectivity index (χ3n) is 5.16. The van der Waals surface area contributed by atoms with Crippen LogP contribution in [0.4, 0.5) is 5.69 Å². The Kier molecular flexibility index (Phi) is 2.84. The van der Waals surface area contributed by atoms with E-state index in [1.165, 1.54) is 24.7 Å². The molecule has 2 heterocycles. The topological polar surface area (TPSA) is 98.0 Å². The number of H-pyrrole nitrogens is 1. The summed E-state index contributed by atoms with van der Waals surface area (Å²) in [4.78, 5) is 39.5. The summed E-state index contributed by atoms with van der Waals surface area (Å²) in [6, 6.07) is 0.114. The van der Waals surface area contributed by atoms with Crippen molar-refractivity contribution < 1.29 is 4.79 Å². The molecule has 2 aliphatic carbocycles. The van der Waals surface area contributed by atoms with E-state index in [1.807, 2.05) is 0 Å².